The monoisotopic (exact) mass is 300 g/mol. The van der Waals surface area contributed by atoms with Gasteiger partial charge in [0.1, 0.15) is 0 Å². The van der Waals surface area contributed by atoms with Gasteiger partial charge in [-0.3, -0.25) is 4.79 Å². The van der Waals surface area contributed by atoms with Crippen LogP contribution in [0.3, 0.4) is 0 Å². The second kappa shape index (κ2) is 6.47. The molecule has 21 heavy (non-hydrogen) atoms. The number of carbonyl (C=O) groups excluding carboxylic acids is 1. The summed E-state index contributed by atoms with van der Waals surface area (Å²) < 4.78 is 38.6. The number of halogens is 3. The molecule has 1 aliphatic carbocycles. The summed E-state index contributed by atoms with van der Waals surface area (Å²) in [6.07, 6.45) is -1.80. The molecule has 0 spiro atoms. The molecule has 116 valence electrons. The maximum atomic E-state index is 12.9. The molecule has 3 nitrogen and oxygen atoms in total. The number of rotatable bonds is 4. The molecule has 0 bridgehead atoms. The van der Waals surface area contributed by atoms with Gasteiger partial charge in [-0.15, -0.1) is 0 Å². The van der Waals surface area contributed by atoms with E-state index in [1.165, 1.54) is 18.2 Å². The molecule has 2 unspecified atom stereocenters. The van der Waals surface area contributed by atoms with E-state index < -0.39 is 11.7 Å². The highest BCUT2D eigenvalue weighted by atomic mass is 19.4. The lowest BCUT2D eigenvalue weighted by atomic mass is 9.95. The molecule has 1 aromatic rings. The summed E-state index contributed by atoms with van der Waals surface area (Å²) >= 11 is 0. The number of alkyl halides is 3. The van der Waals surface area contributed by atoms with Crippen molar-refractivity contribution in [2.24, 2.45) is 17.6 Å². The van der Waals surface area contributed by atoms with E-state index in [4.69, 9.17) is 5.73 Å². The standard InChI is InChI=1S/C15H19F3N2O/c16-15(17,18)13-7-2-1-4-11(13)9-20-14(21)12-6-3-5-10(12)8-19/h1-2,4,7,10,12H,3,5-6,8-9,19H2,(H,20,21). The van der Waals surface area contributed by atoms with Gasteiger partial charge in [0.05, 0.1) is 5.56 Å². The summed E-state index contributed by atoms with van der Waals surface area (Å²) in [6.45, 7) is 0.333. The minimum Gasteiger partial charge on any atom is -0.352 e. The Bertz CT molecular complexity index is 502. The topological polar surface area (TPSA) is 55.1 Å². The van der Waals surface area contributed by atoms with E-state index in [0.717, 1.165) is 25.3 Å². The van der Waals surface area contributed by atoms with Crippen LogP contribution in [0.1, 0.15) is 30.4 Å². The number of hydrogen-bond donors (Lipinski definition) is 2. The number of nitrogens with two attached hydrogens (primary N) is 1. The van der Waals surface area contributed by atoms with Gasteiger partial charge in [0.2, 0.25) is 5.91 Å². The van der Waals surface area contributed by atoms with Crippen molar-refractivity contribution in [3.05, 3.63) is 35.4 Å². The third kappa shape index (κ3) is 3.75. The molecule has 1 aromatic carbocycles. The van der Waals surface area contributed by atoms with Crippen LogP contribution >= 0.6 is 0 Å². The summed E-state index contributed by atoms with van der Waals surface area (Å²) in [4.78, 5) is 12.1. The molecule has 2 rings (SSSR count). The van der Waals surface area contributed by atoms with Crippen molar-refractivity contribution in [2.45, 2.75) is 32.0 Å². The van der Waals surface area contributed by atoms with E-state index in [1.807, 2.05) is 0 Å². The number of hydrogen-bond acceptors (Lipinski definition) is 2. The van der Waals surface area contributed by atoms with Gasteiger partial charge in [0, 0.05) is 12.5 Å². The van der Waals surface area contributed by atoms with Crippen molar-refractivity contribution in [2.75, 3.05) is 6.54 Å². The predicted octanol–water partition coefficient (Wildman–Crippen LogP) is 2.70. The molecule has 1 fully saturated rings. The molecular formula is C15H19F3N2O. The van der Waals surface area contributed by atoms with Gasteiger partial charge in [0.15, 0.2) is 0 Å². The van der Waals surface area contributed by atoms with Crippen molar-refractivity contribution in [3.63, 3.8) is 0 Å². The molecule has 3 N–H and O–H groups in total. The van der Waals surface area contributed by atoms with Gasteiger partial charge in [-0.1, -0.05) is 24.6 Å². The Kier molecular flexibility index (Phi) is 4.88. The van der Waals surface area contributed by atoms with Crippen LogP contribution in [0.15, 0.2) is 24.3 Å². The molecule has 1 aliphatic rings. The first-order valence-corrected chi connectivity index (χ1v) is 7.06. The zero-order valence-electron chi connectivity index (χ0n) is 11.6. The average Bonchev–Trinajstić information content (AvgIpc) is 2.92. The van der Waals surface area contributed by atoms with E-state index in [9.17, 15) is 18.0 Å². The normalized spacial score (nSPS) is 22.3. The molecule has 1 saturated carbocycles. The first-order chi connectivity index (χ1) is 9.93. The van der Waals surface area contributed by atoms with Gasteiger partial charge in [-0.25, -0.2) is 0 Å². The van der Waals surface area contributed by atoms with Gasteiger partial charge in [-0.2, -0.15) is 13.2 Å². The summed E-state index contributed by atoms with van der Waals surface area (Å²) in [5, 5.41) is 2.62. The van der Waals surface area contributed by atoms with Gasteiger partial charge >= 0.3 is 6.18 Å². The quantitative estimate of drug-likeness (QED) is 0.898. The van der Waals surface area contributed by atoms with Crippen LogP contribution in [0, 0.1) is 11.8 Å². The average molecular weight is 300 g/mol. The number of carbonyl (C=O) groups is 1. The maximum Gasteiger partial charge on any atom is 0.416 e. The largest absolute Gasteiger partial charge is 0.416 e. The molecule has 6 heteroatoms. The Hall–Kier alpha value is -1.56. The summed E-state index contributed by atoms with van der Waals surface area (Å²) in [6, 6.07) is 5.29. The highest BCUT2D eigenvalue weighted by Gasteiger charge is 2.34. The van der Waals surface area contributed by atoms with E-state index in [0.29, 0.717) is 6.54 Å². The second-order valence-corrected chi connectivity index (χ2v) is 5.41. The van der Waals surface area contributed by atoms with Crippen molar-refractivity contribution < 1.29 is 18.0 Å². The lowest BCUT2D eigenvalue weighted by Crippen LogP contribution is -2.35. The molecule has 0 aliphatic heterocycles. The lowest BCUT2D eigenvalue weighted by molar-refractivity contribution is -0.138. The van der Waals surface area contributed by atoms with Gasteiger partial charge in [-0.05, 0) is 36.9 Å². The van der Waals surface area contributed by atoms with Crippen molar-refractivity contribution in [1.82, 2.24) is 5.32 Å². The second-order valence-electron chi connectivity index (χ2n) is 5.41. The Morgan fingerprint density at radius 2 is 2.00 bits per heavy atom. The Morgan fingerprint density at radius 3 is 2.67 bits per heavy atom. The van der Waals surface area contributed by atoms with E-state index in [1.54, 1.807) is 0 Å². The molecule has 0 heterocycles. The summed E-state index contributed by atoms with van der Waals surface area (Å²) in [5.41, 5.74) is 5.00. The number of nitrogens with one attached hydrogen (secondary N) is 1. The van der Waals surface area contributed by atoms with Crippen LogP contribution in [-0.4, -0.2) is 12.5 Å². The maximum absolute atomic E-state index is 12.9. The van der Waals surface area contributed by atoms with Gasteiger partial charge in [0.25, 0.3) is 0 Å². The number of amides is 1. The zero-order chi connectivity index (χ0) is 15.5. The third-order valence-corrected chi connectivity index (χ3v) is 4.07. The molecule has 0 aromatic heterocycles. The minimum absolute atomic E-state index is 0.0839. The predicted molar refractivity (Wildman–Crippen MR) is 73.2 cm³/mol. The Morgan fingerprint density at radius 1 is 1.29 bits per heavy atom. The van der Waals surface area contributed by atoms with Crippen LogP contribution in [-0.2, 0) is 17.5 Å². The van der Waals surface area contributed by atoms with Gasteiger partial charge < -0.3 is 11.1 Å². The summed E-state index contributed by atoms with van der Waals surface area (Å²) in [5.74, 6) is -0.226. The fourth-order valence-corrected chi connectivity index (χ4v) is 2.93. The lowest BCUT2D eigenvalue weighted by Gasteiger charge is -2.18. The van der Waals surface area contributed by atoms with Crippen molar-refractivity contribution >= 4 is 5.91 Å². The fraction of sp³-hybridized carbons (Fsp3) is 0.533. The van der Waals surface area contributed by atoms with Crippen molar-refractivity contribution in [3.8, 4) is 0 Å². The first kappa shape index (κ1) is 15.8. The van der Waals surface area contributed by atoms with Crippen molar-refractivity contribution in [1.29, 1.82) is 0 Å². The van der Waals surface area contributed by atoms with Crippen LogP contribution in [0.25, 0.3) is 0 Å². The van der Waals surface area contributed by atoms with E-state index >= 15 is 0 Å². The first-order valence-electron chi connectivity index (χ1n) is 7.06. The van der Waals surface area contributed by atoms with Crippen LogP contribution < -0.4 is 11.1 Å². The van der Waals surface area contributed by atoms with Crippen LogP contribution in [0.5, 0.6) is 0 Å². The molecule has 0 saturated heterocycles. The fourth-order valence-electron chi connectivity index (χ4n) is 2.93. The van der Waals surface area contributed by atoms with Crippen LogP contribution in [0.4, 0.5) is 13.2 Å². The molecule has 1 amide bonds. The zero-order valence-corrected chi connectivity index (χ0v) is 11.6. The number of benzene rings is 1. The van der Waals surface area contributed by atoms with Crippen LogP contribution in [0.2, 0.25) is 0 Å². The molecule has 2 atom stereocenters. The third-order valence-electron chi connectivity index (χ3n) is 4.07. The minimum atomic E-state index is -4.41. The smallest absolute Gasteiger partial charge is 0.352 e. The highest BCUT2D eigenvalue weighted by molar-refractivity contribution is 5.79. The Balaban J connectivity index is 2.02. The summed E-state index contributed by atoms with van der Waals surface area (Å²) in [7, 11) is 0. The Labute approximate surface area is 121 Å². The molecule has 0 radical (unpaired) electrons. The van der Waals surface area contributed by atoms with E-state index in [2.05, 4.69) is 5.32 Å². The van der Waals surface area contributed by atoms with E-state index in [-0.39, 0.29) is 29.9 Å². The molecular weight excluding hydrogens is 281 g/mol. The SMILES string of the molecule is NCC1CCCC1C(=O)NCc1ccccc1C(F)(F)F. The highest BCUT2D eigenvalue weighted by Crippen LogP contribution is 2.33.